The number of ether oxygens (including phenoxy) is 1. The fraction of sp³-hybridized carbons (Fsp3) is 0.235. The second-order valence-corrected chi connectivity index (χ2v) is 7.58. The summed E-state index contributed by atoms with van der Waals surface area (Å²) < 4.78 is 30.6. The van der Waals surface area contributed by atoms with Crippen LogP contribution in [0.4, 0.5) is 16.2 Å². The van der Waals surface area contributed by atoms with Gasteiger partial charge in [-0.3, -0.25) is 9.62 Å². The van der Waals surface area contributed by atoms with Gasteiger partial charge in [0.1, 0.15) is 5.75 Å². The van der Waals surface area contributed by atoms with Crippen molar-refractivity contribution in [2.75, 3.05) is 21.9 Å². The van der Waals surface area contributed by atoms with Crippen molar-refractivity contribution < 1.29 is 17.9 Å². The number of hydrogen-bond donors (Lipinski definition) is 1. The Bertz CT molecular complexity index is 850. The topological polar surface area (TPSA) is 75.7 Å². The standard InChI is InChI=1S/C17H18N2O4S/c1-13-8-9-14(19-10-5-11-24(19,21)22)12-16(13)18-17(20)23-15-6-3-2-4-7-15/h2-4,6-9,12H,5,10-11H2,1H3,(H,18,20). The number of sulfonamides is 1. The number of nitrogens with one attached hydrogen (secondary N) is 1. The normalized spacial score (nSPS) is 16.0. The molecule has 0 unspecified atom stereocenters. The summed E-state index contributed by atoms with van der Waals surface area (Å²) in [6, 6.07) is 13.9. The van der Waals surface area contributed by atoms with E-state index in [2.05, 4.69) is 5.32 Å². The summed E-state index contributed by atoms with van der Waals surface area (Å²) >= 11 is 0. The van der Waals surface area contributed by atoms with E-state index in [4.69, 9.17) is 4.74 Å². The number of carbonyl (C=O) groups is 1. The third-order valence-electron chi connectivity index (χ3n) is 3.80. The number of rotatable bonds is 3. The molecule has 0 spiro atoms. The van der Waals surface area contributed by atoms with Crippen LogP contribution in [0.3, 0.4) is 0 Å². The smallest absolute Gasteiger partial charge is 0.410 e. The van der Waals surface area contributed by atoms with Gasteiger partial charge in [0.05, 0.1) is 11.4 Å². The molecule has 1 aliphatic heterocycles. The van der Waals surface area contributed by atoms with Gasteiger partial charge in [-0.05, 0) is 43.2 Å². The highest BCUT2D eigenvalue weighted by Crippen LogP contribution is 2.28. The Morgan fingerprint density at radius 1 is 1.17 bits per heavy atom. The number of para-hydroxylation sites is 1. The largest absolute Gasteiger partial charge is 0.417 e. The van der Waals surface area contributed by atoms with Crippen molar-refractivity contribution in [2.24, 2.45) is 0 Å². The third-order valence-corrected chi connectivity index (χ3v) is 5.67. The number of hydrogen-bond acceptors (Lipinski definition) is 4. The van der Waals surface area contributed by atoms with E-state index in [9.17, 15) is 13.2 Å². The molecular weight excluding hydrogens is 328 g/mol. The highest BCUT2D eigenvalue weighted by molar-refractivity contribution is 7.93. The number of benzene rings is 2. The van der Waals surface area contributed by atoms with Crippen LogP contribution < -0.4 is 14.4 Å². The van der Waals surface area contributed by atoms with Crippen molar-refractivity contribution >= 4 is 27.5 Å². The van der Waals surface area contributed by atoms with Crippen LogP contribution in [0.5, 0.6) is 5.75 Å². The molecule has 6 nitrogen and oxygen atoms in total. The van der Waals surface area contributed by atoms with Gasteiger partial charge < -0.3 is 4.74 Å². The molecule has 1 N–H and O–H groups in total. The van der Waals surface area contributed by atoms with E-state index in [1.807, 2.05) is 13.0 Å². The Morgan fingerprint density at radius 3 is 2.58 bits per heavy atom. The molecule has 0 aromatic heterocycles. The minimum absolute atomic E-state index is 0.152. The van der Waals surface area contributed by atoms with E-state index >= 15 is 0 Å². The lowest BCUT2D eigenvalue weighted by molar-refractivity contribution is 0.215. The van der Waals surface area contributed by atoms with Gasteiger partial charge in [0.2, 0.25) is 10.0 Å². The van der Waals surface area contributed by atoms with Gasteiger partial charge in [-0.25, -0.2) is 13.2 Å². The molecule has 2 aromatic rings. The fourth-order valence-electron chi connectivity index (χ4n) is 2.56. The van der Waals surface area contributed by atoms with Crippen LogP contribution in [-0.4, -0.2) is 26.8 Å². The lowest BCUT2D eigenvalue weighted by atomic mass is 10.2. The predicted molar refractivity (Wildman–Crippen MR) is 93.0 cm³/mol. The molecule has 0 radical (unpaired) electrons. The van der Waals surface area contributed by atoms with Gasteiger partial charge >= 0.3 is 6.09 Å². The van der Waals surface area contributed by atoms with E-state index in [-0.39, 0.29) is 5.75 Å². The maximum Gasteiger partial charge on any atom is 0.417 e. The van der Waals surface area contributed by atoms with E-state index < -0.39 is 16.1 Å². The quantitative estimate of drug-likeness (QED) is 0.926. The van der Waals surface area contributed by atoms with E-state index in [0.29, 0.717) is 30.1 Å². The zero-order valence-electron chi connectivity index (χ0n) is 13.2. The zero-order chi connectivity index (χ0) is 17.2. The molecule has 0 atom stereocenters. The van der Waals surface area contributed by atoms with Gasteiger partial charge in [-0.1, -0.05) is 24.3 Å². The molecule has 1 heterocycles. The zero-order valence-corrected chi connectivity index (χ0v) is 14.0. The van der Waals surface area contributed by atoms with Crippen molar-refractivity contribution in [3.63, 3.8) is 0 Å². The first-order valence-corrected chi connectivity index (χ1v) is 9.21. The van der Waals surface area contributed by atoms with Crippen LogP contribution in [0.2, 0.25) is 0 Å². The van der Waals surface area contributed by atoms with Crippen LogP contribution in [0.15, 0.2) is 48.5 Å². The van der Waals surface area contributed by atoms with Crippen LogP contribution in [0, 0.1) is 6.92 Å². The summed E-state index contributed by atoms with van der Waals surface area (Å²) in [4.78, 5) is 12.0. The van der Waals surface area contributed by atoms with Gasteiger partial charge in [0, 0.05) is 12.2 Å². The van der Waals surface area contributed by atoms with Gasteiger partial charge in [-0.2, -0.15) is 0 Å². The second-order valence-electron chi connectivity index (χ2n) is 5.57. The lowest BCUT2D eigenvalue weighted by Gasteiger charge is -2.19. The Balaban J connectivity index is 1.78. The minimum atomic E-state index is -3.26. The van der Waals surface area contributed by atoms with Crippen molar-refractivity contribution in [3.8, 4) is 5.75 Å². The summed E-state index contributed by atoms with van der Waals surface area (Å²) in [6.07, 6.45) is -0.0135. The molecule has 3 rings (SSSR count). The maximum absolute atomic E-state index is 12.0. The highest BCUT2D eigenvalue weighted by Gasteiger charge is 2.28. The molecule has 2 aromatic carbocycles. The van der Waals surface area contributed by atoms with Crippen molar-refractivity contribution in [3.05, 3.63) is 54.1 Å². The molecular formula is C17H18N2O4S. The van der Waals surface area contributed by atoms with Gasteiger partial charge in [0.15, 0.2) is 0 Å². The first-order valence-electron chi connectivity index (χ1n) is 7.61. The summed E-state index contributed by atoms with van der Waals surface area (Å²) in [6.45, 7) is 2.29. The summed E-state index contributed by atoms with van der Waals surface area (Å²) in [5.41, 5.74) is 1.89. The molecule has 1 amide bonds. The monoisotopic (exact) mass is 346 g/mol. The Kier molecular flexibility index (Phi) is 4.44. The highest BCUT2D eigenvalue weighted by atomic mass is 32.2. The van der Waals surface area contributed by atoms with Crippen molar-refractivity contribution in [2.45, 2.75) is 13.3 Å². The van der Waals surface area contributed by atoms with E-state index in [0.717, 1.165) is 5.56 Å². The molecule has 0 aliphatic carbocycles. The van der Waals surface area contributed by atoms with Gasteiger partial charge in [0.25, 0.3) is 0 Å². The van der Waals surface area contributed by atoms with Crippen LogP contribution in [0.1, 0.15) is 12.0 Å². The molecule has 7 heteroatoms. The molecule has 24 heavy (non-hydrogen) atoms. The SMILES string of the molecule is Cc1ccc(N2CCCS2(=O)=O)cc1NC(=O)Oc1ccccc1. The first-order chi connectivity index (χ1) is 11.5. The molecule has 0 bridgehead atoms. The second kappa shape index (κ2) is 6.52. The Morgan fingerprint density at radius 2 is 1.92 bits per heavy atom. The minimum Gasteiger partial charge on any atom is -0.410 e. The Hall–Kier alpha value is -2.54. The van der Waals surface area contributed by atoms with E-state index in [1.165, 1.54) is 4.31 Å². The van der Waals surface area contributed by atoms with Crippen LogP contribution >= 0.6 is 0 Å². The summed E-state index contributed by atoms with van der Waals surface area (Å²) in [5, 5.41) is 2.67. The molecule has 126 valence electrons. The van der Waals surface area contributed by atoms with Crippen molar-refractivity contribution in [1.29, 1.82) is 0 Å². The number of aryl methyl sites for hydroxylation is 1. The van der Waals surface area contributed by atoms with Crippen LogP contribution in [-0.2, 0) is 10.0 Å². The lowest BCUT2D eigenvalue weighted by Crippen LogP contribution is -2.25. The van der Waals surface area contributed by atoms with E-state index in [1.54, 1.807) is 42.5 Å². The predicted octanol–water partition coefficient (Wildman–Crippen LogP) is 3.15. The maximum atomic E-state index is 12.0. The number of anilines is 2. The number of nitrogens with zero attached hydrogens (tertiary/aromatic N) is 1. The summed E-state index contributed by atoms with van der Waals surface area (Å²) in [5.74, 6) is 0.589. The first kappa shape index (κ1) is 16.3. The molecule has 1 aliphatic rings. The number of carbonyl (C=O) groups excluding carboxylic acids is 1. The third kappa shape index (κ3) is 3.51. The average Bonchev–Trinajstić information content (AvgIpc) is 2.90. The van der Waals surface area contributed by atoms with Gasteiger partial charge in [-0.15, -0.1) is 0 Å². The fourth-order valence-corrected chi connectivity index (χ4v) is 4.12. The molecule has 1 fully saturated rings. The molecule has 1 saturated heterocycles. The van der Waals surface area contributed by atoms with Crippen LogP contribution in [0.25, 0.3) is 0 Å². The van der Waals surface area contributed by atoms with Crippen molar-refractivity contribution in [1.82, 2.24) is 0 Å². The summed E-state index contributed by atoms with van der Waals surface area (Å²) in [7, 11) is -3.26. The number of amides is 1. The molecule has 0 saturated carbocycles. The Labute approximate surface area is 141 Å². The average molecular weight is 346 g/mol.